The molecule has 0 saturated heterocycles. The summed E-state index contributed by atoms with van der Waals surface area (Å²) in [6.45, 7) is 7.70. The van der Waals surface area contributed by atoms with Gasteiger partial charge < -0.3 is 19.7 Å². The summed E-state index contributed by atoms with van der Waals surface area (Å²) in [5, 5.41) is 13.9. The number of aryl methyl sites for hydroxylation is 2. The predicted octanol–water partition coefficient (Wildman–Crippen LogP) is 5.92. The summed E-state index contributed by atoms with van der Waals surface area (Å²) in [6, 6.07) is 17.7. The van der Waals surface area contributed by atoms with Gasteiger partial charge in [0.05, 0.1) is 18.1 Å². The first-order valence-corrected chi connectivity index (χ1v) is 11.3. The van der Waals surface area contributed by atoms with E-state index in [1.807, 2.05) is 69.7 Å². The second kappa shape index (κ2) is 10.2. The van der Waals surface area contributed by atoms with Gasteiger partial charge >= 0.3 is 0 Å². The maximum Gasteiger partial charge on any atom is 0.127 e. The maximum absolute atomic E-state index is 10.5. The fraction of sp³-hybridized carbons (Fsp3) is 0.259. The fourth-order valence-corrected chi connectivity index (χ4v) is 3.68. The van der Waals surface area contributed by atoms with E-state index in [9.17, 15) is 5.11 Å². The maximum atomic E-state index is 10.5. The number of rotatable bonds is 9. The lowest BCUT2D eigenvalue weighted by Gasteiger charge is -2.14. The van der Waals surface area contributed by atoms with E-state index < -0.39 is 0 Å². The van der Waals surface area contributed by atoms with Gasteiger partial charge in [0.2, 0.25) is 0 Å². The van der Waals surface area contributed by atoms with Crippen molar-refractivity contribution in [3.05, 3.63) is 78.9 Å². The van der Waals surface area contributed by atoms with Crippen LogP contribution < -0.4 is 10.1 Å². The molecule has 6 nitrogen and oxygen atoms in total. The molecule has 4 aromatic rings. The lowest BCUT2D eigenvalue weighted by atomic mass is 10.0. The van der Waals surface area contributed by atoms with Gasteiger partial charge in [-0.15, -0.1) is 0 Å². The van der Waals surface area contributed by atoms with Gasteiger partial charge in [-0.3, -0.25) is 0 Å². The van der Waals surface area contributed by atoms with Crippen molar-refractivity contribution in [1.29, 1.82) is 0 Å². The number of hydrogen-bond donors (Lipinski definition) is 2. The van der Waals surface area contributed by atoms with Crippen molar-refractivity contribution in [3.8, 4) is 33.9 Å². The van der Waals surface area contributed by atoms with Crippen molar-refractivity contribution in [3.63, 3.8) is 0 Å². The molecule has 2 heterocycles. The fourth-order valence-electron chi connectivity index (χ4n) is 3.68. The molecule has 2 aromatic heterocycles. The summed E-state index contributed by atoms with van der Waals surface area (Å²) < 4.78 is 7.84. The smallest absolute Gasteiger partial charge is 0.127 e. The third kappa shape index (κ3) is 5.92. The van der Waals surface area contributed by atoms with E-state index in [4.69, 9.17) is 9.72 Å². The number of nitrogens with one attached hydrogen (secondary N) is 1. The van der Waals surface area contributed by atoms with Crippen molar-refractivity contribution < 1.29 is 9.84 Å². The van der Waals surface area contributed by atoms with E-state index in [1.54, 1.807) is 12.3 Å². The van der Waals surface area contributed by atoms with Gasteiger partial charge in [0.25, 0.3) is 0 Å². The first kappa shape index (κ1) is 22.4. The molecule has 0 fully saturated rings. The zero-order chi connectivity index (χ0) is 23.2. The summed E-state index contributed by atoms with van der Waals surface area (Å²) >= 11 is 0. The molecule has 6 heteroatoms. The monoisotopic (exact) mass is 442 g/mol. The Labute approximate surface area is 194 Å². The first-order valence-electron chi connectivity index (χ1n) is 11.3. The summed E-state index contributed by atoms with van der Waals surface area (Å²) in [6.07, 6.45) is 6.64. The van der Waals surface area contributed by atoms with Crippen molar-refractivity contribution in [1.82, 2.24) is 14.5 Å². The SMILES string of the molecule is Cc1ccc(O)c(-c2cc(-c3ccc(OC(C)C)cc3)cc(NCCCn3ccnc3)n2)c1. The molecule has 0 aliphatic carbocycles. The van der Waals surface area contributed by atoms with Crippen LogP contribution in [0.15, 0.2) is 73.3 Å². The van der Waals surface area contributed by atoms with E-state index in [1.165, 1.54) is 0 Å². The van der Waals surface area contributed by atoms with E-state index in [-0.39, 0.29) is 11.9 Å². The largest absolute Gasteiger partial charge is 0.507 e. The minimum atomic E-state index is 0.130. The summed E-state index contributed by atoms with van der Waals surface area (Å²) in [4.78, 5) is 8.89. The van der Waals surface area contributed by atoms with Gasteiger partial charge in [-0.1, -0.05) is 23.8 Å². The minimum Gasteiger partial charge on any atom is -0.507 e. The highest BCUT2D eigenvalue weighted by atomic mass is 16.5. The Morgan fingerprint density at radius 3 is 2.58 bits per heavy atom. The molecular formula is C27H30N4O2. The van der Waals surface area contributed by atoms with E-state index >= 15 is 0 Å². The lowest BCUT2D eigenvalue weighted by Crippen LogP contribution is -2.07. The summed E-state index contributed by atoms with van der Waals surface area (Å²) in [7, 11) is 0. The molecule has 0 spiro atoms. The second-order valence-electron chi connectivity index (χ2n) is 8.42. The number of nitrogens with zero attached hydrogens (tertiary/aromatic N) is 3. The molecule has 2 N–H and O–H groups in total. The average Bonchev–Trinajstić information content (AvgIpc) is 3.32. The van der Waals surface area contributed by atoms with Crippen molar-refractivity contribution >= 4 is 5.82 Å². The van der Waals surface area contributed by atoms with Crippen molar-refractivity contribution in [2.24, 2.45) is 0 Å². The van der Waals surface area contributed by atoms with Crippen molar-refractivity contribution in [2.45, 2.75) is 39.8 Å². The molecule has 0 radical (unpaired) electrons. The molecular weight excluding hydrogens is 412 g/mol. The molecule has 0 aliphatic rings. The molecule has 2 aromatic carbocycles. The topological polar surface area (TPSA) is 72.2 Å². The second-order valence-corrected chi connectivity index (χ2v) is 8.42. The van der Waals surface area contributed by atoms with Crippen LogP contribution >= 0.6 is 0 Å². The Morgan fingerprint density at radius 1 is 1.03 bits per heavy atom. The quantitative estimate of drug-likeness (QED) is 0.315. The van der Waals surface area contributed by atoms with Crippen LogP contribution in [-0.2, 0) is 6.54 Å². The van der Waals surface area contributed by atoms with Gasteiger partial charge in [-0.2, -0.15) is 0 Å². The standard InChI is InChI=1S/C27H30N4O2/c1-19(2)33-23-8-6-21(7-9-23)22-16-25(24-15-20(3)5-10-26(24)32)30-27(17-22)29-11-4-13-31-14-12-28-18-31/h5-10,12,14-19,32H,4,11,13H2,1-3H3,(H,29,30). The van der Waals surface area contributed by atoms with Gasteiger partial charge in [0.1, 0.15) is 17.3 Å². The number of phenols is 1. The summed E-state index contributed by atoms with van der Waals surface area (Å²) in [5.74, 6) is 1.84. The van der Waals surface area contributed by atoms with Gasteiger partial charge in [0, 0.05) is 31.0 Å². The average molecular weight is 443 g/mol. The van der Waals surface area contributed by atoms with Gasteiger partial charge in [-0.25, -0.2) is 9.97 Å². The highest BCUT2D eigenvalue weighted by Crippen LogP contribution is 2.33. The van der Waals surface area contributed by atoms with Crippen LogP contribution in [0.25, 0.3) is 22.4 Å². The van der Waals surface area contributed by atoms with Crippen LogP contribution in [0, 0.1) is 6.92 Å². The molecule has 0 unspecified atom stereocenters. The zero-order valence-electron chi connectivity index (χ0n) is 19.3. The summed E-state index contributed by atoms with van der Waals surface area (Å²) in [5.41, 5.74) is 4.60. The van der Waals surface area contributed by atoms with E-state index in [0.717, 1.165) is 59.0 Å². The normalized spacial score (nSPS) is 11.0. The minimum absolute atomic E-state index is 0.130. The molecule has 33 heavy (non-hydrogen) atoms. The van der Waals surface area contributed by atoms with Crippen LogP contribution in [0.3, 0.4) is 0 Å². The van der Waals surface area contributed by atoms with E-state index in [0.29, 0.717) is 0 Å². The zero-order valence-corrected chi connectivity index (χ0v) is 19.3. The number of imidazole rings is 1. The first-order chi connectivity index (χ1) is 16.0. The van der Waals surface area contributed by atoms with Crippen LogP contribution in [0.1, 0.15) is 25.8 Å². The number of anilines is 1. The highest BCUT2D eigenvalue weighted by molar-refractivity contribution is 5.76. The van der Waals surface area contributed by atoms with Crippen molar-refractivity contribution in [2.75, 3.05) is 11.9 Å². The molecule has 0 amide bonds. The number of ether oxygens (including phenoxy) is 1. The lowest BCUT2D eigenvalue weighted by molar-refractivity contribution is 0.242. The number of benzene rings is 2. The Kier molecular flexibility index (Phi) is 6.93. The third-order valence-electron chi connectivity index (χ3n) is 5.27. The molecule has 0 aliphatic heterocycles. The van der Waals surface area contributed by atoms with Gasteiger partial charge in [-0.05, 0) is 74.7 Å². The number of phenolic OH excluding ortho intramolecular Hbond substituents is 1. The van der Waals surface area contributed by atoms with Crippen LogP contribution in [-0.4, -0.2) is 32.3 Å². The number of aromatic nitrogens is 3. The highest BCUT2D eigenvalue weighted by Gasteiger charge is 2.11. The number of hydrogen-bond acceptors (Lipinski definition) is 5. The van der Waals surface area contributed by atoms with Crippen LogP contribution in [0.5, 0.6) is 11.5 Å². The Hall–Kier alpha value is -3.80. The Morgan fingerprint density at radius 2 is 1.85 bits per heavy atom. The third-order valence-corrected chi connectivity index (χ3v) is 5.27. The predicted molar refractivity (Wildman–Crippen MR) is 133 cm³/mol. The molecule has 0 atom stereocenters. The Balaban J connectivity index is 1.61. The van der Waals surface area contributed by atoms with Gasteiger partial charge in [0.15, 0.2) is 0 Å². The Bertz CT molecular complexity index is 1190. The van der Waals surface area contributed by atoms with Crippen LogP contribution in [0.4, 0.5) is 5.82 Å². The molecule has 0 saturated carbocycles. The molecule has 170 valence electrons. The number of pyridine rings is 1. The molecule has 0 bridgehead atoms. The molecule has 4 rings (SSSR count). The van der Waals surface area contributed by atoms with Crippen LogP contribution in [0.2, 0.25) is 0 Å². The number of aromatic hydroxyl groups is 1. The van der Waals surface area contributed by atoms with E-state index in [2.05, 4.69) is 27.0 Å².